The molecule has 0 aliphatic carbocycles. The van der Waals surface area contributed by atoms with Crippen LogP contribution in [0.5, 0.6) is 0 Å². The number of aliphatic imine (C=N–C) groups is 1. The summed E-state index contributed by atoms with van der Waals surface area (Å²) in [6.07, 6.45) is 5.12. The lowest BCUT2D eigenvalue weighted by Gasteiger charge is -2.36. The first-order valence-electron chi connectivity index (χ1n) is 8.24. The zero-order valence-corrected chi connectivity index (χ0v) is 14.2. The highest BCUT2D eigenvalue weighted by molar-refractivity contribution is 5.79. The van der Waals surface area contributed by atoms with Crippen LogP contribution in [0.2, 0.25) is 0 Å². The molecular weight excluding hydrogens is 248 g/mol. The molecule has 1 aliphatic heterocycles. The third-order valence-electron chi connectivity index (χ3n) is 4.25. The molecule has 0 saturated carbocycles. The molecule has 1 unspecified atom stereocenters. The standard InChI is InChI=1S/C16H34N4/c1-6-7-10-19(5)16(17-4)18-12-15-9-8-11-20(13-15)14(2)3/h14-15H,6-13H2,1-5H3,(H,17,18). The predicted molar refractivity (Wildman–Crippen MR) is 88.3 cm³/mol. The van der Waals surface area contributed by atoms with Gasteiger partial charge in [0.15, 0.2) is 5.96 Å². The lowest BCUT2D eigenvalue weighted by Crippen LogP contribution is -2.46. The average Bonchev–Trinajstić information content (AvgIpc) is 2.46. The van der Waals surface area contributed by atoms with E-state index in [1.165, 1.54) is 38.8 Å². The van der Waals surface area contributed by atoms with Gasteiger partial charge >= 0.3 is 0 Å². The second-order valence-electron chi connectivity index (χ2n) is 6.30. The molecule has 0 amide bonds. The first-order valence-corrected chi connectivity index (χ1v) is 8.24. The number of likely N-dealkylation sites (tertiary alicyclic amines) is 1. The summed E-state index contributed by atoms with van der Waals surface area (Å²) in [6.45, 7) is 11.4. The molecule has 0 aromatic carbocycles. The Morgan fingerprint density at radius 1 is 1.45 bits per heavy atom. The SMILES string of the molecule is CCCCN(C)C(=NC)NCC1CCCN(C(C)C)C1. The van der Waals surface area contributed by atoms with Crippen LogP contribution in [-0.4, -0.2) is 62.1 Å². The van der Waals surface area contributed by atoms with Crippen LogP contribution in [0, 0.1) is 5.92 Å². The Hall–Kier alpha value is -0.770. The van der Waals surface area contributed by atoms with Crippen LogP contribution in [-0.2, 0) is 0 Å². The summed E-state index contributed by atoms with van der Waals surface area (Å²) >= 11 is 0. The first-order chi connectivity index (χ1) is 9.58. The third kappa shape index (κ3) is 5.70. The smallest absolute Gasteiger partial charge is 0.193 e. The minimum absolute atomic E-state index is 0.671. The molecule has 20 heavy (non-hydrogen) atoms. The number of guanidine groups is 1. The van der Waals surface area contributed by atoms with Crippen LogP contribution >= 0.6 is 0 Å². The second kappa shape index (κ2) is 9.22. The molecule has 1 rings (SSSR count). The van der Waals surface area contributed by atoms with Crippen molar-refractivity contribution < 1.29 is 0 Å². The first kappa shape index (κ1) is 17.3. The van der Waals surface area contributed by atoms with Crippen LogP contribution in [0.3, 0.4) is 0 Å². The Morgan fingerprint density at radius 3 is 2.80 bits per heavy atom. The zero-order chi connectivity index (χ0) is 15.0. The summed E-state index contributed by atoms with van der Waals surface area (Å²) in [7, 11) is 4.01. The fourth-order valence-electron chi connectivity index (χ4n) is 2.85. The van der Waals surface area contributed by atoms with Gasteiger partial charge in [-0.2, -0.15) is 0 Å². The van der Waals surface area contributed by atoms with Crippen LogP contribution in [0.4, 0.5) is 0 Å². The monoisotopic (exact) mass is 282 g/mol. The van der Waals surface area contributed by atoms with E-state index in [0.29, 0.717) is 6.04 Å². The van der Waals surface area contributed by atoms with E-state index in [1.807, 2.05) is 7.05 Å². The minimum atomic E-state index is 0.671. The van der Waals surface area contributed by atoms with Crippen molar-refractivity contribution in [2.75, 3.05) is 40.3 Å². The van der Waals surface area contributed by atoms with Crippen molar-refractivity contribution in [1.29, 1.82) is 0 Å². The molecule has 4 nitrogen and oxygen atoms in total. The normalized spacial score (nSPS) is 21.3. The lowest BCUT2D eigenvalue weighted by molar-refractivity contribution is 0.140. The molecule has 4 heteroatoms. The topological polar surface area (TPSA) is 30.9 Å². The molecule has 0 spiro atoms. The highest BCUT2D eigenvalue weighted by atomic mass is 15.3. The molecule has 1 saturated heterocycles. The molecule has 118 valence electrons. The van der Waals surface area contributed by atoms with Crippen molar-refractivity contribution in [2.45, 2.75) is 52.5 Å². The Kier molecular flexibility index (Phi) is 7.97. The van der Waals surface area contributed by atoms with Crippen molar-refractivity contribution in [3.63, 3.8) is 0 Å². The van der Waals surface area contributed by atoms with E-state index >= 15 is 0 Å². The molecule has 0 radical (unpaired) electrons. The maximum absolute atomic E-state index is 4.40. The Bertz CT molecular complexity index is 288. The maximum atomic E-state index is 4.40. The van der Waals surface area contributed by atoms with Crippen molar-refractivity contribution in [3.8, 4) is 0 Å². The second-order valence-corrected chi connectivity index (χ2v) is 6.30. The Labute approximate surface area is 125 Å². The predicted octanol–water partition coefficient (Wildman–Crippen LogP) is 2.41. The Morgan fingerprint density at radius 2 is 2.20 bits per heavy atom. The van der Waals surface area contributed by atoms with Gasteiger partial charge < -0.3 is 15.1 Å². The van der Waals surface area contributed by atoms with E-state index in [-0.39, 0.29) is 0 Å². The summed E-state index contributed by atoms with van der Waals surface area (Å²) in [4.78, 5) is 9.24. The largest absolute Gasteiger partial charge is 0.356 e. The molecule has 1 fully saturated rings. The van der Waals surface area contributed by atoms with Gasteiger partial charge in [-0.05, 0) is 45.6 Å². The lowest BCUT2D eigenvalue weighted by atomic mass is 9.97. The van der Waals surface area contributed by atoms with Gasteiger partial charge in [-0.15, -0.1) is 0 Å². The van der Waals surface area contributed by atoms with Crippen molar-refractivity contribution in [1.82, 2.24) is 15.1 Å². The van der Waals surface area contributed by atoms with E-state index < -0.39 is 0 Å². The van der Waals surface area contributed by atoms with Gasteiger partial charge in [0.2, 0.25) is 0 Å². The molecule has 0 aromatic rings. The van der Waals surface area contributed by atoms with Gasteiger partial charge in [-0.3, -0.25) is 4.99 Å². The molecule has 1 heterocycles. The van der Waals surface area contributed by atoms with Gasteiger partial charge in [0, 0.05) is 39.8 Å². The van der Waals surface area contributed by atoms with Gasteiger partial charge in [-0.1, -0.05) is 13.3 Å². The number of hydrogen-bond donors (Lipinski definition) is 1. The van der Waals surface area contributed by atoms with E-state index in [0.717, 1.165) is 25.0 Å². The summed E-state index contributed by atoms with van der Waals surface area (Å²) in [5.74, 6) is 1.79. The summed E-state index contributed by atoms with van der Waals surface area (Å²) in [6, 6.07) is 0.671. The Balaban J connectivity index is 2.36. The van der Waals surface area contributed by atoms with Gasteiger partial charge in [0.05, 0.1) is 0 Å². The molecule has 1 N–H and O–H groups in total. The zero-order valence-electron chi connectivity index (χ0n) is 14.2. The molecular formula is C16H34N4. The number of hydrogen-bond acceptors (Lipinski definition) is 2. The number of piperidine rings is 1. The number of nitrogens with one attached hydrogen (secondary N) is 1. The fraction of sp³-hybridized carbons (Fsp3) is 0.938. The quantitative estimate of drug-likeness (QED) is 0.599. The third-order valence-corrected chi connectivity index (χ3v) is 4.25. The summed E-state index contributed by atoms with van der Waals surface area (Å²) < 4.78 is 0. The number of rotatable bonds is 6. The highest BCUT2D eigenvalue weighted by Crippen LogP contribution is 2.17. The van der Waals surface area contributed by atoms with E-state index in [1.54, 1.807) is 0 Å². The molecule has 1 atom stereocenters. The van der Waals surface area contributed by atoms with Gasteiger partial charge in [0.1, 0.15) is 0 Å². The number of nitrogens with zero attached hydrogens (tertiary/aromatic N) is 3. The summed E-state index contributed by atoms with van der Waals surface area (Å²) in [5.41, 5.74) is 0. The van der Waals surface area contributed by atoms with Crippen LogP contribution in [0.15, 0.2) is 4.99 Å². The van der Waals surface area contributed by atoms with Gasteiger partial charge in [0.25, 0.3) is 0 Å². The van der Waals surface area contributed by atoms with E-state index in [2.05, 4.69) is 47.9 Å². The van der Waals surface area contributed by atoms with Crippen LogP contribution < -0.4 is 5.32 Å². The fourth-order valence-corrected chi connectivity index (χ4v) is 2.85. The van der Waals surface area contributed by atoms with Gasteiger partial charge in [-0.25, -0.2) is 0 Å². The van der Waals surface area contributed by atoms with E-state index in [4.69, 9.17) is 0 Å². The number of unbranched alkanes of at least 4 members (excludes halogenated alkanes) is 1. The van der Waals surface area contributed by atoms with Crippen LogP contribution in [0.25, 0.3) is 0 Å². The van der Waals surface area contributed by atoms with E-state index in [9.17, 15) is 0 Å². The molecule has 0 aromatic heterocycles. The van der Waals surface area contributed by atoms with Crippen LogP contribution in [0.1, 0.15) is 46.5 Å². The summed E-state index contributed by atoms with van der Waals surface area (Å²) in [5, 5.41) is 3.56. The average molecular weight is 282 g/mol. The van der Waals surface area contributed by atoms with Crippen molar-refractivity contribution >= 4 is 5.96 Å². The highest BCUT2D eigenvalue weighted by Gasteiger charge is 2.21. The molecule has 1 aliphatic rings. The van der Waals surface area contributed by atoms with Crippen molar-refractivity contribution in [2.24, 2.45) is 10.9 Å². The maximum Gasteiger partial charge on any atom is 0.193 e. The molecule has 0 bridgehead atoms. The minimum Gasteiger partial charge on any atom is -0.356 e. The van der Waals surface area contributed by atoms with Crippen molar-refractivity contribution in [3.05, 3.63) is 0 Å².